The normalized spacial score (nSPS) is 19.5. The first-order valence-corrected chi connectivity index (χ1v) is 10.3. The number of carbonyl (C=O) groups is 2. The largest absolute Gasteiger partial charge is 0.454 e. The summed E-state index contributed by atoms with van der Waals surface area (Å²) in [7, 11) is 1.47. The Kier molecular flexibility index (Phi) is 7.14. The number of nitrogens with zero attached hydrogens (tertiary/aromatic N) is 1. The molecule has 1 aliphatic rings. The van der Waals surface area contributed by atoms with Crippen LogP contribution in [0, 0.1) is 11.3 Å². The number of benzene rings is 1. The summed E-state index contributed by atoms with van der Waals surface area (Å²) in [6.07, 6.45) is 2.34. The van der Waals surface area contributed by atoms with Gasteiger partial charge in [0.15, 0.2) is 5.76 Å². The number of hydrogen-bond acceptors (Lipinski definition) is 5. The highest BCUT2D eigenvalue weighted by molar-refractivity contribution is 6.30. The van der Waals surface area contributed by atoms with Gasteiger partial charge in [-0.2, -0.15) is 5.26 Å². The maximum absolute atomic E-state index is 13.1. The zero-order valence-corrected chi connectivity index (χ0v) is 17.4. The summed E-state index contributed by atoms with van der Waals surface area (Å²) in [6.45, 7) is 0. The first-order valence-electron chi connectivity index (χ1n) is 9.90. The van der Waals surface area contributed by atoms with Gasteiger partial charge in [-0.15, -0.1) is 0 Å². The van der Waals surface area contributed by atoms with E-state index in [1.165, 1.54) is 13.1 Å². The minimum Gasteiger partial charge on any atom is -0.454 e. The van der Waals surface area contributed by atoms with Gasteiger partial charge in [0, 0.05) is 30.6 Å². The van der Waals surface area contributed by atoms with Crippen LogP contribution in [0.5, 0.6) is 0 Å². The summed E-state index contributed by atoms with van der Waals surface area (Å²) in [5.41, 5.74) is 0.941. The number of furan rings is 1. The second-order valence-electron chi connectivity index (χ2n) is 7.42. The summed E-state index contributed by atoms with van der Waals surface area (Å²) in [5.74, 6) is -1.12. The number of aliphatic hydroxyl groups excluding tert-OH is 1. The van der Waals surface area contributed by atoms with E-state index in [9.17, 15) is 20.0 Å². The quantitative estimate of drug-likeness (QED) is 0.651. The van der Waals surface area contributed by atoms with Gasteiger partial charge in [0.2, 0.25) is 0 Å². The van der Waals surface area contributed by atoms with Crippen molar-refractivity contribution < 1.29 is 19.1 Å². The van der Waals surface area contributed by atoms with Gasteiger partial charge in [-0.25, -0.2) is 0 Å². The molecule has 0 saturated heterocycles. The second kappa shape index (κ2) is 9.79. The molecule has 158 valence electrons. The molecule has 1 atom stereocenters. The van der Waals surface area contributed by atoms with Crippen molar-refractivity contribution >= 4 is 23.4 Å². The number of rotatable bonds is 6. The zero-order chi connectivity index (χ0) is 21.7. The van der Waals surface area contributed by atoms with Crippen molar-refractivity contribution in [2.24, 2.45) is 0 Å². The number of aliphatic hydroxyl groups is 1. The molecule has 1 heterocycles. The molecule has 1 aliphatic carbocycles. The Hall–Kier alpha value is -2.82. The lowest BCUT2D eigenvalue weighted by atomic mass is 9.90. The summed E-state index contributed by atoms with van der Waals surface area (Å²) < 4.78 is 5.80. The Morgan fingerprint density at radius 2 is 2.00 bits per heavy atom. The first-order chi connectivity index (χ1) is 14.4. The first kappa shape index (κ1) is 21.9. The standard InChI is InChI=1S/C22H24ClN3O4/c1-25-22(29)19-12-18(21(28)26-15-5-7-16(27)8-6-15)20(30-19)17(9-10-24)13-3-2-4-14(23)11-13/h2-4,11-12,15-17,27H,5-9H2,1H3,(H,25,29)(H,26,28)/t15?,16?,17-/m0/s1. The summed E-state index contributed by atoms with van der Waals surface area (Å²) >= 11 is 6.12. The molecule has 1 saturated carbocycles. The summed E-state index contributed by atoms with van der Waals surface area (Å²) in [4.78, 5) is 25.2. The van der Waals surface area contributed by atoms with Crippen LogP contribution in [0.4, 0.5) is 0 Å². The molecule has 0 aliphatic heterocycles. The maximum atomic E-state index is 13.1. The molecule has 0 bridgehead atoms. The molecule has 8 heteroatoms. The van der Waals surface area contributed by atoms with Crippen molar-refractivity contribution in [2.45, 2.75) is 50.2 Å². The van der Waals surface area contributed by atoms with Gasteiger partial charge >= 0.3 is 0 Å². The SMILES string of the molecule is CNC(=O)c1cc(C(=O)NC2CCC(O)CC2)c([C@@H](CC#N)c2cccc(Cl)c2)o1. The van der Waals surface area contributed by atoms with Gasteiger partial charge in [-0.3, -0.25) is 9.59 Å². The number of halogens is 1. The molecule has 7 nitrogen and oxygen atoms in total. The van der Waals surface area contributed by atoms with Crippen LogP contribution in [0.2, 0.25) is 5.02 Å². The Bertz CT molecular complexity index is 958. The van der Waals surface area contributed by atoms with Gasteiger partial charge < -0.3 is 20.2 Å². The third-order valence-corrected chi connectivity index (χ3v) is 5.59. The van der Waals surface area contributed by atoms with E-state index in [-0.39, 0.29) is 41.6 Å². The van der Waals surface area contributed by atoms with E-state index in [2.05, 4.69) is 16.7 Å². The molecule has 1 aromatic heterocycles. The predicted molar refractivity (Wildman–Crippen MR) is 111 cm³/mol. The minimum absolute atomic E-state index is 0.00156. The molecule has 0 radical (unpaired) electrons. The third-order valence-electron chi connectivity index (χ3n) is 5.35. The fourth-order valence-corrected chi connectivity index (χ4v) is 3.94. The van der Waals surface area contributed by atoms with Crippen LogP contribution in [-0.2, 0) is 0 Å². The van der Waals surface area contributed by atoms with Gasteiger partial charge in [-0.05, 0) is 43.4 Å². The van der Waals surface area contributed by atoms with Crippen LogP contribution in [0.1, 0.15) is 70.3 Å². The molecule has 30 heavy (non-hydrogen) atoms. The molecule has 2 aromatic rings. The molecule has 2 amide bonds. The monoisotopic (exact) mass is 429 g/mol. The Morgan fingerprint density at radius 1 is 1.27 bits per heavy atom. The summed E-state index contributed by atoms with van der Waals surface area (Å²) in [6, 6.07) is 10.5. The number of nitrogens with one attached hydrogen (secondary N) is 2. The number of nitriles is 1. The molecule has 1 aromatic carbocycles. The highest BCUT2D eigenvalue weighted by Crippen LogP contribution is 2.34. The van der Waals surface area contributed by atoms with Crippen molar-refractivity contribution in [3.05, 3.63) is 58.0 Å². The topological polar surface area (TPSA) is 115 Å². The number of hydrogen-bond donors (Lipinski definition) is 3. The average Bonchev–Trinajstić information content (AvgIpc) is 3.18. The lowest BCUT2D eigenvalue weighted by Gasteiger charge is -2.26. The Labute approximate surface area is 180 Å². The van der Waals surface area contributed by atoms with Gasteiger partial charge in [0.25, 0.3) is 11.8 Å². The molecular formula is C22H24ClN3O4. The molecule has 0 unspecified atom stereocenters. The van der Waals surface area contributed by atoms with E-state index >= 15 is 0 Å². The lowest BCUT2D eigenvalue weighted by molar-refractivity contribution is 0.0864. The van der Waals surface area contributed by atoms with Gasteiger partial charge in [0.05, 0.1) is 23.7 Å². The average molecular weight is 430 g/mol. The van der Waals surface area contributed by atoms with E-state index in [1.54, 1.807) is 24.3 Å². The van der Waals surface area contributed by atoms with Crippen LogP contribution in [0.25, 0.3) is 0 Å². The molecule has 3 rings (SSSR count). The number of carbonyl (C=O) groups excluding carboxylic acids is 2. The van der Waals surface area contributed by atoms with Crippen LogP contribution in [-0.4, -0.2) is 36.1 Å². The van der Waals surface area contributed by atoms with E-state index in [0.29, 0.717) is 30.7 Å². The fourth-order valence-electron chi connectivity index (χ4n) is 3.74. The lowest BCUT2D eigenvalue weighted by Crippen LogP contribution is -2.38. The third kappa shape index (κ3) is 5.02. The van der Waals surface area contributed by atoms with E-state index in [4.69, 9.17) is 16.0 Å². The van der Waals surface area contributed by atoms with E-state index < -0.39 is 11.8 Å². The van der Waals surface area contributed by atoms with Crippen molar-refractivity contribution in [1.82, 2.24) is 10.6 Å². The van der Waals surface area contributed by atoms with Crippen molar-refractivity contribution in [3.63, 3.8) is 0 Å². The van der Waals surface area contributed by atoms with E-state index in [1.807, 2.05) is 0 Å². The highest BCUT2D eigenvalue weighted by atomic mass is 35.5. The van der Waals surface area contributed by atoms with Crippen LogP contribution < -0.4 is 10.6 Å². The second-order valence-corrected chi connectivity index (χ2v) is 7.85. The van der Waals surface area contributed by atoms with E-state index in [0.717, 1.165) is 5.56 Å². The predicted octanol–water partition coefficient (Wildman–Crippen LogP) is 3.37. The Morgan fingerprint density at radius 3 is 2.63 bits per heavy atom. The van der Waals surface area contributed by atoms with Crippen molar-refractivity contribution in [1.29, 1.82) is 5.26 Å². The van der Waals surface area contributed by atoms with Crippen LogP contribution in [0.3, 0.4) is 0 Å². The Balaban J connectivity index is 1.97. The maximum Gasteiger partial charge on any atom is 0.286 e. The molecular weight excluding hydrogens is 406 g/mol. The van der Waals surface area contributed by atoms with Crippen molar-refractivity contribution in [2.75, 3.05) is 7.05 Å². The van der Waals surface area contributed by atoms with Crippen LogP contribution >= 0.6 is 11.6 Å². The zero-order valence-electron chi connectivity index (χ0n) is 16.7. The molecule has 0 spiro atoms. The van der Waals surface area contributed by atoms with Gasteiger partial charge in [-0.1, -0.05) is 23.7 Å². The number of amides is 2. The van der Waals surface area contributed by atoms with Gasteiger partial charge in [0.1, 0.15) is 5.76 Å². The fraction of sp³-hybridized carbons (Fsp3) is 0.409. The van der Waals surface area contributed by atoms with Crippen LogP contribution in [0.15, 0.2) is 34.7 Å². The molecule has 1 fully saturated rings. The summed E-state index contributed by atoms with van der Waals surface area (Å²) in [5, 5.41) is 25.0. The van der Waals surface area contributed by atoms with Crippen molar-refractivity contribution in [3.8, 4) is 6.07 Å². The smallest absolute Gasteiger partial charge is 0.286 e. The highest BCUT2D eigenvalue weighted by Gasteiger charge is 2.30. The molecule has 3 N–H and O–H groups in total. The minimum atomic E-state index is -0.555.